The zero-order chi connectivity index (χ0) is 15.2. The molecule has 1 aliphatic rings. The second kappa shape index (κ2) is 7.62. The molecule has 1 rings (SSSR count). The molecule has 0 bridgehead atoms. The summed E-state index contributed by atoms with van der Waals surface area (Å²) < 4.78 is 0. The summed E-state index contributed by atoms with van der Waals surface area (Å²) in [5.74, 6) is -0.439. The first-order valence-corrected chi connectivity index (χ1v) is 7.79. The van der Waals surface area contributed by atoms with E-state index in [1.807, 2.05) is 13.8 Å². The Balaban J connectivity index is 2.78. The van der Waals surface area contributed by atoms with Crippen LogP contribution < -0.4 is 16.4 Å². The second-order valence-electron chi connectivity index (χ2n) is 6.04. The Morgan fingerprint density at radius 3 is 2.30 bits per heavy atom. The van der Waals surface area contributed by atoms with E-state index in [0.717, 1.165) is 38.5 Å². The van der Waals surface area contributed by atoms with E-state index < -0.39 is 5.54 Å². The third-order valence-electron chi connectivity index (χ3n) is 4.24. The molecule has 116 valence electrons. The number of amides is 2. The zero-order valence-electron chi connectivity index (χ0n) is 13.0. The highest BCUT2D eigenvalue weighted by Crippen LogP contribution is 2.29. The van der Waals surface area contributed by atoms with E-state index in [1.54, 1.807) is 6.92 Å². The van der Waals surface area contributed by atoms with E-state index in [1.165, 1.54) is 0 Å². The zero-order valence-corrected chi connectivity index (χ0v) is 13.0. The van der Waals surface area contributed by atoms with Crippen LogP contribution in [0.15, 0.2) is 0 Å². The van der Waals surface area contributed by atoms with Gasteiger partial charge in [0.05, 0.1) is 0 Å². The summed E-state index contributed by atoms with van der Waals surface area (Å²) in [6.07, 6.45) is 5.42. The van der Waals surface area contributed by atoms with Gasteiger partial charge in [-0.15, -0.1) is 0 Å². The van der Waals surface area contributed by atoms with Gasteiger partial charge in [0.2, 0.25) is 11.8 Å². The number of nitrogens with one attached hydrogen (secondary N) is 2. The first-order valence-electron chi connectivity index (χ1n) is 7.79. The number of hydrogen-bond donors (Lipinski definition) is 3. The van der Waals surface area contributed by atoms with E-state index in [2.05, 4.69) is 10.6 Å². The van der Waals surface area contributed by atoms with E-state index in [0.29, 0.717) is 6.54 Å². The maximum absolute atomic E-state index is 12.4. The van der Waals surface area contributed by atoms with Crippen LogP contribution in [-0.4, -0.2) is 29.9 Å². The lowest BCUT2D eigenvalue weighted by molar-refractivity contribution is -0.136. The number of nitrogens with two attached hydrogens (primary N) is 1. The van der Waals surface area contributed by atoms with Gasteiger partial charge in [0.1, 0.15) is 5.54 Å². The van der Waals surface area contributed by atoms with Gasteiger partial charge in [0.25, 0.3) is 0 Å². The summed E-state index contributed by atoms with van der Waals surface area (Å²) in [7, 11) is 0. The minimum atomic E-state index is -0.729. The molecule has 20 heavy (non-hydrogen) atoms. The normalized spacial score (nSPS) is 20.8. The van der Waals surface area contributed by atoms with Crippen LogP contribution >= 0.6 is 0 Å². The maximum Gasteiger partial charge on any atom is 0.245 e. The van der Waals surface area contributed by atoms with Crippen molar-refractivity contribution in [1.29, 1.82) is 0 Å². The summed E-state index contributed by atoms with van der Waals surface area (Å²) >= 11 is 0. The smallest absolute Gasteiger partial charge is 0.245 e. The Bertz CT molecular complexity index is 336. The van der Waals surface area contributed by atoms with Gasteiger partial charge in [-0.05, 0) is 26.2 Å². The van der Waals surface area contributed by atoms with Crippen molar-refractivity contribution in [2.45, 2.75) is 70.9 Å². The fraction of sp³-hybridized carbons (Fsp3) is 0.867. The maximum atomic E-state index is 12.4. The molecule has 0 aliphatic heterocycles. The lowest BCUT2D eigenvalue weighted by Crippen LogP contribution is -2.61. The number of carbonyl (C=O) groups is 2. The number of carbonyl (C=O) groups excluding carboxylic acids is 2. The number of hydrogen-bond acceptors (Lipinski definition) is 3. The largest absolute Gasteiger partial charge is 0.354 e. The third-order valence-corrected chi connectivity index (χ3v) is 4.24. The van der Waals surface area contributed by atoms with Crippen LogP contribution in [0.2, 0.25) is 0 Å². The molecule has 0 heterocycles. The van der Waals surface area contributed by atoms with Gasteiger partial charge in [-0.25, -0.2) is 0 Å². The quantitative estimate of drug-likeness (QED) is 0.687. The Morgan fingerprint density at radius 1 is 1.20 bits per heavy atom. The second-order valence-corrected chi connectivity index (χ2v) is 6.04. The van der Waals surface area contributed by atoms with E-state index in [9.17, 15) is 9.59 Å². The molecular formula is C15H29N3O2. The van der Waals surface area contributed by atoms with Crippen molar-refractivity contribution < 1.29 is 9.59 Å². The first kappa shape index (κ1) is 17.0. The molecule has 1 saturated carbocycles. The summed E-state index contributed by atoms with van der Waals surface area (Å²) in [6.45, 7) is 6.29. The molecule has 5 nitrogen and oxygen atoms in total. The standard InChI is InChI=1S/C15H29N3O2/c1-4-10-17-14(20)15(8-6-5-7-9-15)18-13(19)11(2)12(3)16/h11-12H,4-10,16H2,1-3H3,(H,17,20)(H,18,19). The highest BCUT2D eigenvalue weighted by Gasteiger charge is 2.41. The minimum absolute atomic E-state index is 0.0377. The van der Waals surface area contributed by atoms with Crippen molar-refractivity contribution in [1.82, 2.24) is 10.6 Å². The molecule has 1 aliphatic carbocycles. The Kier molecular flexibility index (Phi) is 6.46. The Labute approximate surface area is 122 Å². The highest BCUT2D eigenvalue weighted by molar-refractivity contribution is 5.92. The third kappa shape index (κ3) is 4.20. The number of rotatable bonds is 6. The fourth-order valence-corrected chi connectivity index (χ4v) is 2.56. The topological polar surface area (TPSA) is 84.2 Å². The average molecular weight is 283 g/mol. The van der Waals surface area contributed by atoms with Crippen molar-refractivity contribution in [3.05, 3.63) is 0 Å². The SMILES string of the molecule is CCCNC(=O)C1(NC(=O)C(C)C(C)N)CCCCC1. The summed E-state index contributed by atoms with van der Waals surface area (Å²) in [4.78, 5) is 24.7. The monoisotopic (exact) mass is 283 g/mol. The van der Waals surface area contributed by atoms with Crippen molar-refractivity contribution >= 4 is 11.8 Å². The molecule has 0 aromatic heterocycles. The lowest BCUT2D eigenvalue weighted by atomic mass is 9.80. The van der Waals surface area contributed by atoms with Crippen LogP contribution in [-0.2, 0) is 9.59 Å². The van der Waals surface area contributed by atoms with E-state index >= 15 is 0 Å². The Hall–Kier alpha value is -1.10. The molecule has 0 aromatic carbocycles. The molecular weight excluding hydrogens is 254 g/mol. The summed E-state index contributed by atoms with van der Waals surface area (Å²) in [5.41, 5.74) is 5.05. The van der Waals surface area contributed by atoms with Crippen molar-refractivity contribution in [3.8, 4) is 0 Å². The van der Waals surface area contributed by atoms with Gasteiger partial charge in [0, 0.05) is 18.5 Å². The van der Waals surface area contributed by atoms with E-state index in [4.69, 9.17) is 5.73 Å². The van der Waals surface area contributed by atoms with Gasteiger partial charge in [0.15, 0.2) is 0 Å². The van der Waals surface area contributed by atoms with Crippen LogP contribution in [0.5, 0.6) is 0 Å². The molecule has 0 saturated heterocycles. The van der Waals surface area contributed by atoms with Crippen LogP contribution in [0.1, 0.15) is 59.3 Å². The van der Waals surface area contributed by atoms with Crippen LogP contribution in [0.4, 0.5) is 0 Å². The van der Waals surface area contributed by atoms with E-state index in [-0.39, 0.29) is 23.8 Å². The minimum Gasteiger partial charge on any atom is -0.354 e. The molecule has 0 radical (unpaired) electrons. The molecule has 2 amide bonds. The predicted molar refractivity (Wildman–Crippen MR) is 80.1 cm³/mol. The van der Waals surface area contributed by atoms with Gasteiger partial charge < -0.3 is 16.4 Å². The van der Waals surface area contributed by atoms with Gasteiger partial charge in [-0.3, -0.25) is 9.59 Å². The molecule has 5 heteroatoms. The van der Waals surface area contributed by atoms with Crippen molar-refractivity contribution in [3.63, 3.8) is 0 Å². The van der Waals surface area contributed by atoms with Gasteiger partial charge in [-0.2, -0.15) is 0 Å². The fourth-order valence-electron chi connectivity index (χ4n) is 2.56. The summed E-state index contributed by atoms with van der Waals surface area (Å²) in [6, 6.07) is -0.214. The average Bonchev–Trinajstić information content (AvgIpc) is 2.44. The first-order chi connectivity index (χ1) is 9.43. The molecule has 2 atom stereocenters. The van der Waals surface area contributed by atoms with Gasteiger partial charge in [-0.1, -0.05) is 33.1 Å². The molecule has 2 unspecified atom stereocenters. The van der Waals surface area contributed by atoms with Crippen LogP contribution in [0.25, 0.3) is 0 Å². The van der Waals surface area contributed by atoms with Crippen LogP contribution in [0.3, 0.4) is 0 Å². The molecule has 0 spiro atoms. The molecule has 4 N–H and O–H groups in total. The summed E-state index contributed by atoms with van der Waals surface area (Å²) in [5, 5.41) is 5.92. The van der Waals surface area contributed by atoms with Gasteiger partial charge >= 0.3 is 0 Å². The van der Waals surface area contributed by atoms with Crippen molar-refractivity contribution in [2.75, 3.05) is 6.54 Å². The lowest BCUT2D eigenvalue weighted by Gasteiger charge is -2.37. The van der Waals surface area contributed by atoms with Crippen molar-refractivity contribution in [2.24, 2.45) is 11.7 Å². The molecule has 0 aromatic rings. The highest BCUT2D eigenvalue weighted by atomic mass is 16.2. The van der Waals surface area contributed by atoms with Crippen LogP contribution in [0, 0.1) is 5.92 Å². The Morgan fingerprint density at radius 2 is 1.80 bits per heavy atom. The predicted octanol–water partition coefficient (Wildman–Crippen LogP) is 1.32. The molecule has 1 fully saturated rings.